The van der Waals surface area contributed by atoms with Crippen molar-refractivity contribution in [3.63, 3.8) is 0 Å². The molecule has 6 rings (SSSR count). The molecule has 39 heavy (non-hydrogen) atoms. The van der Waals surface area contributed by atoms with Gasteiger partial charge in [-0.3, -0.25) is 0 Å². The van der Waals surface area contributed by atoms with Gasteiger partial charge >= 0.3 is 0 Å². The van der Waals surface area contributed by atoms with Crippen LogP contribution < -0.4 is 0 Å². The number of hydrogen-bond donors (Lipinski definition) is 3. The zero-order valence-corrected chi connectivity index (χ0v) is 26.2. The van der Waals surface area contributed by atoms with E-state index in [4.69, 9.17) is 14.5 Å². The Labute approximate surface area is 236 Å². The maximum atomic E-state index is 11.2. The van der Waals surface area contributed by atoms with E-state index in [0.29, 0.717) is 24.2 Å². The smallest absolute Gasteiger partial charge is 0.203 e. The predicted octanol–water partition coefficient (Wildman–Crippen LogP) is 5.71. The first-order valence-electron chi connectivity index (χ1n) is 15.8. The molecule has 3 N–H and O–H groups in total. The standard InChI is InChI=1S/C33H55NO5/c1-18-17-20(25(36)28(5,6)37)39-33-24(18)31(9)16-15-30(8)22(32(31,10)26(33)38-19(2)34-33)12-11-21-27(3,4)23(35)13-14-29(21,30)7/h18,20-26,35-37H,11-17H2,1-10H3/t18-,20-,21+,22-,23+,24-,25+,26?,29+,30-,31-,32-,33?/m1/s1. The first-order chi connectivity index (χ1) is 17.8. The van der Waals surface area contributed by atoms with Crippen molar-refractivity contribution in [3.8, 4) is 0 Å². The molecule has 0 amide bonds. The zero-order valence-electron chi connectivity index (χ0n) is 26.2. The van der Waals surface area contributed by atoms with Gasteiger partial charge < -0.3 is 24.8 Å². The first-order valence-corrected chi connectivity index (χ1v) is 15.8. The van der Waals surface area contributed by atoms with Crippen LogP contribution in [0.1, 0.15) is 114 Å². The Hall–Kier alpha value is -0.690. The van der Waals surface area contributed by atoms with E-state index in [2.05, 4.69) is 48.5 Å². The third-order valence-electron chi connectivity index (χ3n) is 14.7. The molecule has 2 aliphatic heterocycles. The molecule has 0 bridgehead atoms. The third kappa shape index (κ3) is 3.16. The number of hydrogen-bond acceptors (Lipinski definition) is 6. The van der Waals surface area contributed by atoms with Crippen LogP contribution in [0.15, 0.2) is 4.99 Å². The van der Waals surface area contributed by atoms with E-state index in [1.807, 2.05) is 6.92 Å². The Kier molecular flexibility index (Phi) is 5.85. The highest BCUT2D eigenvalue weighted by Crippen LogP contribution is 2.81. The van der Waals surface area contributed by atoms with Gasteiger partial charge in [-0.05, 0) is 98.2 Å². The second kappa shape index (κ2) is 8.02. The van der Waals surface area contributed by atoms with Crippen LogP contribution in [0.2, 0.25) is 0 Å². The number of aliphatic hydroxyl groups is 3. The molecule has 5 fully saturated rings. The van der Waals surface area contributed by atoms with Crippen LogP contribution in [-0.2, 0) is 9.47 Å². The molecular formula is C33H55NO5. The zero-order chi connectivity index (χ0) is 28.8. The minimum absolute atomic E-state index is 0.0248. The van der Waals surface area contributed by atoms with E-state index >= 15 is 0 Å². The summed E-state index contributed by atoms with van der Waals surface area (Å²) in [5.74, 6) is 2.08. The maximum absolute atomic E-state index is 11.2. The molecule has 1 spiro atoms. The fourth-order valence-electron chi connectivity index (χ4n) is 12.5. The Balaban J connectivity index is 1.47. The largest absolute Gasteiger partial charge is 0.472 e. The van der Waals surface area contributed by atoms with E-state index < -0.39 is 23.5 Å². The monoisotopic (exact) mass is 545 g/mol. The number of fused-ring (bicyclic) bond motifs is 7. The van der Waals surface area contributed by atoms with Crippen molar-refractivity contribution < 1.29 is 24.8 Å². The van der Waals surface area contributed by atoms with Gasteiger partial charge in [0.25, 0.3) is 0 Å². The molecule has 0 radical (unpaired) electrons. The Morgan fingerprint density at radius 2 is 1.51 bits per heavy atom. The van der Waals surface area contributed by atoms with E-state index in [0.717, 1.165) is 32.1 Å². The topological polar surface area (TPSA) is 91.5 Å². The SMILES string of the molecule is CC1=NC23O[C@@H]([C@H](O)C(C)(C)O)C[C@@H](C)[C@@H]2[C@@]2(C)CC[C@]4(C)[C@@H](CC[C@H]5C(C)(C)[C@@H](O)CC[C@@]54C)[C@]2(C)C3O1. The van der Waals surface area contributed by atoms with Gasteiger partial charge in [-0.15, -0.1) is 0 Å². The van der Waals surface area contributed by atoms with Gasteiger partial charge in [-0.2, -0.15) is 0 Å². The highest BCUT2D eigenvalue weighted by atomic mass is 16.6. The third-order valence-corrected chi connectivity index (χ3v) is 14.7. The van der Waals surface area contributed by atoms with Crippen molar-refractivity contribution in [2.75, 3.05) is 0 Å². The second-order valence-electron chi connectivity index (χ2n) is 16.9. The Morgan fingerprint density at radius 3 is 2.15 bits per heavy atom. The highest BCUT2D eigenvalue weighted by molar-refractivity contribution is 5.76. The van der Waals surface area contributed by atoms with Gasteiger partial charge in [-0.1, -0.05) is 48.5 Å². The predicted molar refractivity (Wildman–Crippen MR) is 152 cm³/mol. The molecule has 0 aromatic heterocycles. The van der Waals surface area contributed by atoms with Crippen molar-refractivity contribution in [3.05, 3.63) is 0 Å². The highest BCUT2D eigenvalue weighted by Gasteiger charge is 2.83. The van der Waals surface area contributed by atoms with Crippen molar-refractivity contribution in [1.82, 2.24) is 0 Å². The fourth-order valence-corrected chi connectivity index (χ4v) is 12.5. The van der Waals surface area contributed by atoms with Gasteiger partial charge in [0.1, 0.15) is 6.10 Å². The summed E-state index contributed by atoms with van der Waals surface area (Å²) in [5, 5.41) is 33.0. The summed E-state index contributed by atoms with van der Waals surface area (Å²) in [5.41, 5.74) is -2.12. The summed E-state index contributed by atoms with van der Waals surface area (Å²) in [6.45, 7) is 22.3. The average Bonchev–Trinajstić information content (AvgIpc) is 3.22. The Bertz CT molecular complexity index is 1070. The molecule has 2 heterocycles. The molecule has 0 aromatic carbocycles. The lowest BCUT2D eigenvalue weighted by atomic mass is 9.32. The summed E-state index contributed by atoms with van der Waals surface area (Å²) in [4.78, 5) is 5.22. The molecule has 2 unspecified atom stereocenters. The molecule has 6 nitrogen and oxygen atoms in total. The first kappa shape index (κ1) is 28.4. The molecule has 0 aromatic rings. The molecule has 13 atom stereocenters. The van der Waals surface area contributed by atoms with Crippen LogP contribution in [0.5, 0.6) is 0 Å². The van der Waals surface area contributed by atoms with Gasteiger partial charge in [-0.25, -0.2) is 4.99 Å². The molecule has 4 aliphatic carbocycles. The summed E-state index contributed by atoms with van der Waals surface area (Å²) >= 11 is 0. The van der Waals surface area contributed by atoms with Gasteiger partial charge in [0.05, 0.1) is 17.8 Å². The van der Waals surface area contributed by atoms with E-state index in [9.17, 15) is 15.3 Å². The van der Waals surface area contributed by atoms with Crippen molar-refractivity contribution >= 4 is 5.90 Å². The quantitative estimate of drug-likeness (QED) is 0.413. The normalized spacial score (nSPS) is 56.7. The molecule has 222 valence electrons. The average molecular weight is 546 g/mol. The van der Waals surface area contributed by atoms with Gasteiger partial charge in [0.2, 0.25) is 5.72 Å². The van der Waals surface area contributed by atoms with Crippen LogP contribution in [0, 0.1) is 50.7 Å². The lowest BCUT2D eigenvalue weighted by Gasteiger charge is -2.72. The number of aliphatic hydroxyl groups excluding tert-OH is 2. The van der Waals surface area contributed by atoms with E-state index in [1.54, 1.807) is 13.8 Å². The molecule has 6 aliphatic rings. The van der Waals surface area contributed by atoms with Crippen molar-refractivity contribution in [1.29, 1.82) is 0 Å². The second-order valence-corrected chi connectivity index (χ2v) is 16.9. The fraction of sp³-hybridized carbons (Fsp3) is 0.970. The summed E-state index contributed by atoms with van der Waals surface area (Å²) in [6, 6.07) is 0. The van der Waals surface area contributed by atoms with Crippen molar-refractivity contribution in [2.24, 2.45) is 55.7 Å². The lowest BCUT2D eigenvalue weighted by molar-refractivity contribution is -0.255. The van der Waals surface area contributed by atoms with Crippen molar-refractivity contribution in [2.45, 2.75) is 150 Å². The molecule has 1 saturated heterocycles. The maximum Gasteiger partial charge on any atom is 0.203 e. The van der Waals surface area contributed by atoms with E-state index in [1.165, 1.54) is 6.42 Å². The van der Waals surface area contributed by atoms with Crippen LogP contribution >= 0.6 is 0 Å². The van der Waals surface area contributed by atoms with E-state index in [-0.39, 0.29) is 51.1 Å². The van der Waals surface area contributed by atoms with Crippen LogP contribution in [0.3, 0.4) is 0 Å². The van der Waals surface area contributed by atoms with Crippen LogP contribution in [0.25, 0.3) is 0 Å². The number of aliphatic imine (C=N–C) groups is 1. The molecule has 4 saturated carbocycles. The van der Waals surface area contributed by atoms with Gasteiger partial charge in [0, 0.05) is 18.3 Å². The van der Waals surface area contributed by atoms with Crippen LogP contribution in [0.4, 0.5) is 0 Å². The minimum atomic E-state index is -1.26. The molecular weight excluding hydrogens is 490 g/mol. The van der Waals surface area contributed by atoms with Gasteiger partial charge in [0.15, 0.2) is 12.0 Å². The number of rotatable bonds is 2. The lowest BCUT2D eigenvalue weighted by Crippen LogP contribution is -2.67. The molecule has 6 heteroatoms. The summed E-state index contributed by atoms with van der Waals surface area (Å²) in [7, 11) is 0. The Morgan fingerprint density at radius 1 is 0.923 bits per heavy atom. The summed E-state index contributed by atoms with van der Waals surface area (Å²) in [6.07, 6.45) is 5.26. The number of nitrogens with zero attached hydrogens (tertiary/aromatic N) is 1. The number of ether oxygens (including phenoxy) is 2. The minimum Gasteiger partial charge on any atom is -0.472 e. The van der Waals surface area contributed by atoms with Crippen LogP contribution in [-0.4, -0.2) is 57.0 Å². The summed E-state index contributed by atoms with van der Waals surface area (Å²) < 4.78 is 13.8.